The van der Waals surface area contributed by atoms with Crippen molar-refractivity contribution < 1.29 is 71.6 Å². The van der Waals surface area contributed by atoms with Crippen LogP contribution in [0.15, 0.2) is 0 Å². The van der Waals surface area contributed by atoms with Crippen LogP contribution in [0.3, 0.4) is 0 Å². The first-order valence-electron chi connectivity index (χ1n) is 0. The van der Waals surface area contributed by atoms with E-state index in [4.69, 9.17) is 0 Å². The SMILES string of the molecule is O.O.O.O.[Na+].[Tc]. The Morgan fingerprint density at radius 2 is 0.500 bits per heavy atom. The molecule has 0 aromatic heterocycles. The van der Waals surface area contributed by atoms with Crippen molar-refractivity contribution in [2.75, 3.05) is 0 Å². The first kappa shape index (κ1) is 142. The van der Waals surface area contributed by atoms with E-state index in [1.807, 2.05) is 0 Å². The summed E-state index contributed by atoms with van der Waals surface area (Å²) in [6, 6.07) is 0. The fraction of sp³-hybridized carbons (Fsp3) is 0. The largest absolute Gasteiger partial charge is 1.00 e. The van der Waals surface area contributed by atoms with Crippen LogP contribution in [0.5, 0.6) is 0 Å². The predicted molar refractivity (Wildman–Crippen MR) is 14.5 cm³/mol. The van der Waals surface area contributed by atoms with Crippen molar-refractivity contribution in [2.24, 2.45) is 0 Å². The van der Waals surface area contributed by atoms with E-state index in [2.05, 4.69) is 0 Å². The van der Waals surface area contributed by atoms with Crippen LogP contribution in [0.1, 0.15) is 0 Å². The molecule has 0 heterocycles. The Kier molecular flexibility index (Phi) is 2090. The van der Waals surface area contributed by atoms with Gasteiger partial charge < -0.3 is 21.9 Å². The molecule has 0 spiro atoms. The van der Waals surface area contributed by atoms with Gasteiger partial charge in [-0.25, -0.2) is 0 Å². The van der Waals surface area contributed by atoms with Gasteiger partial charge in [-0.15, -0.1) is 0 Å². The summed E-state index contributed by atoms with van der Waals surface area (Å²) < 4.78 is 0. The van der Waals surface area contributed by atoms with E-state index >= 15 is 0 Å². The van der Waals surface area contributed by atoms with Crippen LogP contribution in [0.4, 0.5) is 0 Å². The molecular formula is H8NaO4Tc+. The minimum atomic E-state index is 0. The molecule has 0 amide bonds. The Bertz CT molecular complexity index is 7.51. The molecule has 39 valence electrons. The quantitative estimate of drug-likeness (QED) is 0.339. The van der Waals surface area contributed by atoms with Gasteiger partial charge in [0.05, 0.1) is 0 Å². The van der Waals surface area contributed by atoms with E-state index < -0.39 is 0 Å². The van der Waals surface area contributed by atoms with E-state index in [0.717, 1.165) is 0 Å². The van der Waals surface area contributed by atoms with E-state index in [1.165, 1.54) is 0 Å². The van der Waals surface area contributed by atoms with Crippen molar-refractivity contribution in [1.82, 2.24) is 0 Å². The number of hydrogen-bond acceptors (Lipinski definition) is 0. The molecule has 0 aliphatic heterocycles. The predicted octanol–water partition coefficient (Wildman–Crippen LogP) is -6.30. The molecule has 6 heteroatoms. The molecule has 0 saturated heterocycles. The van der Waals surface area contributed by atoms with Crippen LogP contribution in [0.2, 0.25) is 0 Å². The summed E-state index contributed by atoms with van der Waals surface area (Å²) in [6.45, 7) is 0. The zero-order chi connectivity index (χ0) is 0. The fourth-order valence-corrected chi connectivity index (χ4v) is 0. The molecule has 4 nitrogen and oxygen atoms in total. The third-order valence-electron chi connectivity index (χ3n) is 0. The third kappa shape index (κ3) is 49.9. The normalized spacial score (nSPS) is 0. The van der Waals surface area contributed by atoms with E-state index in [0.29, 0.717) is 0 Å². The van der Waals surface area contributed by atoms with E-state index in [1.54, 1.807) is 0 Å². The second kappa shape index (κ2) is 88.2. The Morgan fingerprint density at radius 3 is 0.500 bits per heavy atom. The molecule has 0 rings (SSSR count). The minimum Gasteiger partial charge on any atom is -0.412 e. The average molecular weight is 193 g/mol. The first-order valence-corrected chi connectivity index (χ1v) is 0. The maximum absolute atomic E-state index is 0. The van der Waals surface area contributed by atoms with Crippen molar-refractivity contribution in [2.45, 2.75) is 0 Å². The Morgan fingerprint density at radius 1 is 0.500 bits per heavy atom. The molecule has 0 aromatic carbocycles. The minimum absolute atomic E-state index is 0. The molecule has 0 bridgehead atoms. The fourth-order valence-electron chi connectivity index (χ4n) is 0. The molecule has 8 N–H and O–H groups in total. The van der Waals surface area contributed by atoms with Crippen LogP contribution < -0.4 is 29.6 Å². The summed E-state index contributed by atoms with van der Waals surface area (Å²) in [7, 11) is 0. The summed E-state index contributed by atoms with van der Waals surface area (Å²) in [5.41, 5.74) is 0. The maximum atomic E-state index is 0. The van der Waals surface area contributed by atoms with Gasteiger partial charge in [0.15, 0.2) is 0 Å². The van der Waals surface area contributed by atoms with Crippen molar-refractivity contribution in [1.29, 1.82) is 0 Å². The van der Waals surface area contributed by atoms with Crippen molar-refractivity contribution >= 4 is 0 Å². The Hall–Kier alpha value is 1.49. The molecule has 0 aliphatic rings. The molecule has 0 fully saturated rings. The summed E-state index contributed by atoms with van der Waals surface area (Å²) in [5, 5.41) is 0. The monoisotopic (exact) mass is 192 g/mol. The summed E-state index contributed by atoms with van der Waals surface area (Å²) >= 11 is 0. The van der Waals surface area contributed by atoms with Gasteiger partial charge in [0.2, 0.25) is 0 Å². The molecule has 0 atom stereocenters. The smallest absolute Gasteiger partial charge is 0.412 e. The Labute approximate surface area is 71.2 Å². The van der Waals surface area contributed by atoms with Gasteiger partial charge in [0.25, 0.3) is 0 Å². The topological polar surface area (TPSA) is 126 Å². The molecule has 6 heavy (non-hydrogen) atoms. The standard InChI is InChI=1S/Na.4H2O.Tc/h;4*1H2;/q+1;;;;;. The van der Waals surface area contributed by atoms with Crippen LogP contribution in [-0.4, -0.2) is 21.9 Å². The van der Waals surface area contributed by atoms with E-state index in [-0.39, 0.29) is 71.6 Å². The first-order chi connectivity index (χ1) is 0. The number of rotatable bonds is 0. The molecule has 0 unspecified atom stereocenters. The van der Waals surface area contributed by atoms with Gasteiger partial charge in [-0.1, -0.05) is 0 Å². The average Bonchev–Trinajstić information content (AvgIpc) is 0. The van der Waals surface area contributed by atoms with E-state index in [9.17, 15) is 0 Å². The second-order valence-electron chi connectivity index (χ2n) is 0. The maximum Gasteiger partial charge on any atom is 1.00 e. The third-order valence-corrected chi connectivity index (χ3v) is 0. The molecule has 0 aliphatic carbocycles. The van der Waals surface area contributed by atoms with Gasteiger partial charge in [-0.2, -0.15) is 0 Å². The van der Waals surface area contributed by atoms with Crippen LogP contribution in [0, 0.1) is 0 Å². The zero-order valence-corrected chi connectivity index (χ0v) is 7.24. The summed E-state index contributed by atoms with van der Waals surface area (Å²) in [4.78, 5) is 0. The zero-order valence-electron chi connectivity index (χ0n) is 3.38. The van der Waals surface area contributed by atoms with Gasteiger partial charge in [-0.3, -0.25) is 0 Å². The second-order valence-corrected chi connectivity index (χ2v) is 0. The molecule has 0 aromatic rings. The van der Waals surface area contributed by atoms with Gasteiger partial charge >= 0.3 is 29.6 Å². The van der Waals surface area contributed by atoms with Crippen LogP contribution in [0.25, 0.3) is 0 Å². The van der Waals surface area contributed by atoms with Gasteiger partial charge in [0.1, 0.15) is 0 Å². The van der Waals surface area contributed by atoms with Crippen LogP contribution in [-0.2, 0) is 20.1 Å². The molecule has 0 saturated carbocycles. The number of hydrogen-bond donors (Lipinski definition) is 0. The van der Waals surface area contributed by atoms with Gasteiger partial charge in [0, 0.05) is 20.1 Å². The van der Waals surface area contributed by atoms with Gasteiger partial charge in [-0.05, 0) is 0 Å². The molecular weight excluding hydrogens is 185 g/mol. The van der Waals surface area contributed by atoms with Crippen LogP contribution >= 0.6 is 0 Å². The van der Waals surface area contributed by atoms with Crippen molar-refractivity contribution in [3.8, 4) is 0 Å². The van der Waals surface area contributed by atoms with Crippen molar-refractivity contribution in [3.05, 3.63) is 0 Å². The molecule has 1 radical (unpaired) electrons. The summed E-state index contributed by atoms with van der Waals surface area (Å²) in [6.07, 6.45) is 0. The summed E-state index contributed by atoms with van der Waals surface area (Å²) in [5.74, 6) is 0. The van der Waals surface area contributed by atoms with Crippen molar-refractivity contribution in [3.63, 3.8) is 0 Å². The Balaban J connectivity index is 0.